The fraction of sp³-hybridized carbons (Fsp3) is 0.167. The Bertz CT molecular complexity index is 530. The van der Waals surface area contributed by atoms with Gasteiger partial charge in [0.05, 0.1) is 17.8 Å². The van der Waals surface area contributed by atoms with Gasteiger partial charge in [0.15, 0.2) is 0 Å². The number of nitrogens with zero attached hydrogens (tertiary/aromatic N) is 4. The highest BCUT2D eigenvalue weighted by Gasteiger charge is 2.25. The van der Waals surface area contributed by atoms with Crippen molar-refractivity contribution >= 4 is 5.91 Å². The van der Waals surface area contributed by atoms with Gasteiger partial charge < -0.3 is 4.90 Å². The van der Waals surface area contributed by atoms with E-state index >= 15 is 0 Å². The molecule has 84 valence electrons. The number of fused-ring (bicyclic) bond motifs is 1. The van der Waals surface area contributed by atoms with Crippen LogP contribution in [0.3, 0.4) is 0 Å². The Balaban J connectivity index is 1.84. The summed E-state index contributed by atoms with van der Waals surface area (Å²) in [6.45, 7) is 1.12. The number of hydrogen-bond acceptors (Lipinski definition) is 4. The highest BCUT2D eigenvalue weighted by Crippen LogP contribution is 2.21. The Hall–Kier alpha value is -2.30. The highest BCUT2D eigenvalue weighted by molar-refractivity contribution is 5.94. The molecular formula is C12H10N4O. The Kier molecular flexibility index (Phi) is 2.29. The minimum absolute atomic E-state index is 0.0175. The van der Waals surface area contributed by atoms with Gasteiger partial charge in [-0.3, -0.25) is 9.78 Å². The zero-order valence-corrected chi connectivity index (χ0v) is 9.08. The van der Waals surface area contributed by atoms with Gasteiger partial charge in [-0.15, -0.1) is 0 Å². The molecule has 17 heavy (non-hydrogen) atoms. The lowest BCUT2D eigenvalue weighted by atomic mass is 10.2. The molecule has 5 nitrogen and oxygen atoms in total. The van der Waals surface area contributed by atoms with Crippen LogP contribution in [0.4, 0.5) is 0 Å². The fourth-order valence-electron chi connectivity index (χ4n) is 1.92. The summed E-state index contributed by atoms with van der Waals surface area (Å²) >= 11 is 0. The van der Waals surface area contributed by atoms with Crippen LogP contribution in [0.1, 0.15) is 21.6 Å². The van der Waals surface area contributed by atoms with Crippen LogP contribution in [-0.4, -0.2) is 25.8 Å². The van der Waals surface area contributed by atoms with Crippen LogP contribution in [-0.2, 0) is 13.1 Å². The zero-order valence-electron chi connectivity index (χ0n) is 9.08. The van der Waals surface area contributed by atoms with Gasteiger partial charge in [0.2, 0.25) is 0 Å². The first kappa shape index (κ1) is 9.89. The van der Waals surface area contributed by atoms with Crippen LogP contribution in [0, 0.1) is 0 Å². The van der Waals surface area contributed by atoms with E-state index < -0.39 is 0 Å². The van der Waals surface area contributed by atoms with Crippen molar-refractivity contribution in [2.24, 2.45) is 0 Å². The van der Waals surface area contributed by atoms with Gasteiger partial charge in [0.1, 0.15) is 6.33 Å². The smallest absolute Gasteiger partial charge is 0.256 e. The summed E-state index contributed by atoms with van der Waals surface area (Å²) in [4.78, 5) is 26.0. The monoisotopic (exact) mass is 226 g/mol. The molecular weight excluding hydrogens is 216 g/mol. The van der Waals surface area contributed by atoms with Crippen LogP contribution in [0.15, 0.2) is 37.1 Å². The molecule has 0 saturated carbocycles. The number of carbonyl (C=O) groups excluding carboxylic acids is 1. The molecule has 0 N–H and O–H groups in total. The molecule has 0 aromatic carbocycles. The molecule has 0 saturated heterocycles. The predicted molar refractivity (Wildman–Crippen MR) is 59.8 cm³/mol. The Morgan fingerprint density at radius 2 is 2.18 bits per heavy atom. The molecule has 3 heterocycles. The van der Waals surface area contributed by atoms with Crippen molar-refractivity contribution in [3.63, 3.8) is 0 Å². The van der Waals surface area contributed by atoms with E-state index in [4.69, 9.17) is 0 Å². The quantitative estimate of drug-likeness (QED) is 0.728. The Morgan fingerprint density at radius 1 is 1.24 bits per heavy atom. The summed E-state index contributed by atoms with van der Waals surface area (Å²) in [5.74, 6) is -0.0175. The third kappa shape index (κ3) is 1.75. The van der Waals surface area contributed by atoms with E-state index in [0.717, 1.165) is 11.3 Å². The molecule has 2 aromatic rings. The molecule has 5 heteroatoms. The van der Waals surface area contributed by atoms with Crippen LogP contribution in [0.25, 0.3) is 0 Å². The minimum Gasteiger partial charge on any atom is -0.328 e. The Morgan fingerprint density at radius 3 is 2.94 bits per heavy atom. The summed E-state index contributed by atoms with van der Waals surface area (Å²) in [6.07, 6.45) is 6.51. The third-order valence-electron chi connectivity index (χ3n) is 2.78. The molecule has 0 unspecified atom stereocenters. The maximum atomic E-state index is 12.2. The van der Waals surface area contributed by atoms with Crippen LogP contribution >= 0.6 is 0 Å². The second kappa shape index (κ2) is 3.93. The lowest BCUT2D eigenvalue weighted by Crippen LogP contribution is -2.25. The van der Waals surface area contributed by atoms with Crippen molar-refractivity contribution in [2.75, 3.05) is 0 Å². The summed E-state index contributed by atoms with van der Waals surface area (Å²) in [6, 6.07) is 3.53. The van der Waals surface area contributed by atoms with Crippen molar-refractivity contribution < 1.29 is 4.79 Å². The molecule has 3 rings (SSSR count). The lowest BCUT2D eigenvalue weighted by Gasteiger charge is -2.14. The van der Waals surface area contributed by atoms with E-state index in [1.807, 2.05) is 0 Å². The van der Waals surface area contributed by atoms with Crippen molar-refractivity contribution in [1.29, 1.82) is 0 Å². The topological polar surface area (TPSA) is 59.0 Å². The second-order valence-corrected chi connectivity index (χ2v) is 3.90. The first-order valence-electron chi connectivity index (χ1n) is 5.31. The van der Waals surface area contributed by atoms with Crippen LogP contribution in [0.2, 0.25) is 0 Å². The minimum atomic E-state index is -0.0175. The molecule has 0 fully saturated rings. The molecule has 0 spiro atoms. The van der Waals surface area contributed by atoms with Crippen molar-refractivity contribution in [3.05, 3.63) is 53.9 Å². The number of hydrogen-bond donors (Lipinski definition) is 0. The van der Waals surface area contributed by atoms with Gasteiger partial charge in [-0.2, -0.15) is 0 Å². The van der Waals surface area contributed by atoms with Gasteiger partial charge >= 0.3 is 0 Å². The molecule has 1 amide bonds. The van der Waals surface area contributed by atoms with E-state index in [-0.39, 0.29) is 5.91 Å². The average Bonchev–Trinajstić information content (AvgIpc) is 2.82. The van der Waals surface area contributed by atoms with E-state index in [0.29, 0.717) is 18.7 Å². The van der Waals surface area contributed by atoms with Crippen molar-refractivity contribution in [2.45, 2.75) is 13.1 Å². The summed E-state index contributed by atoms with van der Waals surface area (Å²) < 4.78 is 0. The van der Waals surface area contributed by atoms with E-state index in [1.165, 1.54) is 6.33 Å². The van der Waals surface area contributed by atoms with Gasteiger partial charge in [-0.05, 0) is 12.1 Å². The normalized spacial score (nSPS) is 13.5. The molecule has 0 radical (unpaired) electrons. The molecule has 0 aliphatic carbocycles. The number of amides is 1. The lowest BCUT2D eigenvalue weighted by molar-refractivity contribution is 0.0750. The fourth-order valence-corrected chi connectivity index (χ4v) is 1.92. The molecule has 0 atom stereocenters. The van der Waals surface area contributed by atoms with Gasteiger partial charge in [0, 0.05) is 30.7 Å². The highest BCUT2D eigenvalue weighted by atomic mass is 16.2. The van der Waals surface area contributed by atoms with E-state index in [9.17, 15) is 4.79 Å². The molecule has 1 aliphatic rings. The standard InChI is InChI=1S/C12H10N4O/c17-12(9-2-1-3-13-4-9)16-6-10-5-14-8-15-11(10)7-16/h1-5,8H,6-7H2. The first-order chi connectivity index (χ1) is 8.34. The average molecular weight is 226 g/mol. The maximum absolute atomic E-state index is 12.2. The first-order valence-corrected chi connectivity index (χ1v) is 5.31. The maximum Gasteiger partial charge on any atom is 0.256 e. The second-order valence-electron chi connectivity index (χ2n) is 3.90. The summed E-state index contributed by atoms with van der Waals surface area (Å²) in [7, 11) is 0. The largest absolute Gasteiger partial charge is 0.328 e. The third-order valence-corrected chi connectivity index (χ3v) is 2.78. The van der Waals surface area contributed by atoms with Crippen molar-refractivity contribution in [1.82, 2.24) is 19.9 Å². The van der Waals surface area contributed by atoms with E-state index in [1.54, 1.807) is 35.6 Å². The Labute approximate surface area is 98.2 Å². The number of rotatable bonds is 1. The number of aromatic nitrogens is 3. The van der Waals surface area contributed by atoms with E-state index in [2.05, 4.69) is 15.0 Å². The molecule has 0 bridgehead atoms. The van der Waals surface area contributed by atoms with Gasteiger partial charge in [-0.1, -0.05) is 0 Å². The predicted octanol–water partition coefficient (Wildman–Crippen LogP) is 1.03. The molecule has 2 aromatic heterocycles. The van der Waals surface area contributed by atoms with Crippen LogP contribution < -0.4 is 0 Å². The summed E-state index contributed by atoms with van der Waals surface area (Å²) in [5, 5.41) is 0. The van der Waals surface area contributed by atoms with Crippen molar-refractivity contribution in [3.8, 4) is 0 Å². The zero-order chi connectivity index (χ0) is 11.7. The SMILES string of the molecule is O=C(c1cccnc1)N1Cc2cncnc2C1. The van der Waals surface area contributed by atoms with Gasteiger partial charge in [-0.25, -0.2) is 9.97 Å². The molecule has 1 aliphatic heterocycles. The summed E-state index contributed by atoms with van der Waals surface area (Å²) in [5.41, 5.74) is 2.55. The number of carbonyl (C=O) groups is 1. The van der Waals surface area contributed by atoms with Crippen LogP contribution in [0.5, 0.6) is 0 Å². The van der Waals surface area contributed by atoms with Gasteiger partial charge in [0.25, 0.3) is 5.91 Å². The number of pyridine rings is 1.